The highest BCUT2D eigenvalue weighted by Crippen LogP contribution is 2.46. The molecule has 18 heteroatoms. The molecule has 4 N–H and O–H groups in total. The first-order valence-corrected chi connectivity index (χ1v) is 25.8. The van der Waals surface area contributed by atoms with E-state index in [1.807, 2.05) is 6.07 Å². The Balaban J connectivity index is 0.911. The Hall–Kier alpha value is -5.95. The fourth-order valence-electron chi connectivity index (χ4n) is 9.78. The van der Waals surface area contributed by atoms with E-state index in [2.05, 4.69) is 55.1 Å². The average Bonchev–Trinajstić information content (AvgIpc) is 4.01. The van der Waals surface area contributed by atoms with Crippen molar-refractivity contribution in [2.24, 2.45) is 11.3 Å². The van der Waals surface area contributed by atoms with Gasteiger partial charge in [0.15, 0.2) is 6.17 Å². The van der Waals surface area contributed by atoms with Gasteiger partial charge in [-0.15, -0.1) is 11.3 Å². The number of nitrogens with zero attached hydrogens (tertiary/aromatic N) is 4. The molecule has 4 aliphatic rings. The van der Waals surface area contributed by atoms with Crippen LogP contribution in [0.2, 0.25) is 0 Å². The number of amides is 1. The first kappa shape index (κ1) is 48.1. The maximum Gasteiger partial charge on any atom is 0.293 e. The third kappa shape index (κ3) is 11.1. The van der Waals surface area contributed by atoms with Gasteiger partial charge in [-0.2, -0.15) is 0 Å². The lowest BCUT2D eigenvalue weighted by Gasteiger charge is -2.39. The van der Waals surface area contributed by atoms with Crippen LogP contribution >= 0.6 is 11.3 Å². The van der Waals surface area contributed by atoms with Gasteiger partial charge in [-0.3, -0.25) is 19.8 Å². The molecule has 5 aromatic rings. The van der Waals surface area contributed by atoms with E-state index in [4.69, 9.17) is 4.74 Å². The van der Waals surface area contributed by atoms with E-state index in [0.29, 0.717) is 43.9 Å². The lowest BCUT2D eigenvalue weighted by Crippen LogP contribution is -2.47. The van der Waals surface area contributed by atoms with Crippen molar-refractivity contribution in [3.63, 3.8) is 0 Å². The number of thiophene rings is 1. The van der Waals surface area contributed by atoms with Crippen LogP contribution in [0.25, 0.3) is 22.2 Å². The third-order valence-corrected chi connectivity index (χ3v) is 16.3. The fourth-order valence-corrected chi connectivity index (χ4v) is 11.8. The van der Waals surface area contributed by atoms with Gasteiger partial charge in [0.1, 0.15) is 28.7 Å². The van der Waals surface area contributed by atoms with E-state index >= 15 is 0 Å². The number of aromatic nitrogens is 2. The number of sulfonamides is 1. The summed E-state index contributed by atoms with van der Waals surface area (Å²) in [6.45, 7) is 10.5. The Labute approximate surface area is 404 Å². The van der Waals surface area contributed by atoms with Gasteiger partial charge in [-0.25, -0.2) is 26.9 Å². The van der Waals surface area contributed by atoms with E-state index in [9.17, 15) is 37.2 Å². The molecule has 0 spiro atoms. The molecular weight excluding hydrogens is 925 g/mol. The maximum atomic E-state index is 14.3. The zero-order chi connectivity index (χ0) is 48.7. The topological polar surface area (TPSA) is 183 Å². The minimum Gasteiger partial charge on any atom is -0.455 e. The van der Waals surface area contributed by atoms with Gasteiger partial charge in [-0.1, -0.05) is 25.5 Å². The van der Waals surface area contributed by atoms with Crippen molar-refractivity contribution >= 4 is 66.5 Å². The van der Waals surface area contributed by atoms with Crippen molar-refractivity contribution in [3.8, 4) is 11.5 Å². The van der Waals surface area contributed by atoms with Crippen molar-refractivity contribution in [2.45, 2.75) is 88.8 Å². The number of aliphatic hydroxyl groups is 1. The molecule has 69 heavy (non-hydrogen) atoms. The Kier molecular flexibility index (Phi) is 13.6. The number of hydrogen-bond acceptors (Lipinski definition) is 12. The summed E-state index contributed by atoms with van der Waals surface area (Å²) in [5.74, 6) is -1.11. The number of allylic oxidation sites excluding steroid dienone is 5. The quantitative estimate of drug-likeness (QED) is 0.0614. The number of ether oxygens (including phenoxy) is 1. The molecule has 0 radical (unpaired) electrons. The van der Waals surface area contributed by atoms with Crippen molar-refractivity contribution in [1.29, 1.82) is 0 Å². The molecular formula is C51H57F2N7O7S2. The molecule has 0 bridgehead atoms. The number of rotatable bonds is 14. The largest absolute Gasteiger partial charge is 0.455 e. The molecule has 1 saturated heterocycles. The van der Waals surface area contributed by atoms with E-state index in [1.165, 1.54) is 46.5 Å². The van der Waals surface area contributed by atoms with Gasteiger partial charge >= 0.3 is 0 Å². The summed E-state index contributed by atoms with van der Waals surface area (Å²) in [6, 6.07) is 14.2. The minimum atomic E-state index is -4.61. The predicted molar refractivity (Wildman–Crippen MR) is 266 cm³/mol. The Morgan fingerprint density at radius 2 is 1.83 bits per heavy atom. The first-order valence-electron chi connectivity index (χ1n) is 23.4. The summed E-state index contributed by atoms with van der Waals surface area (Å²) >= 11 is 1.66. The van der Waals surface area contributed by atoms with Crippen LogP contribution in [-0.4, -0.2) is 90.3 Å². The normalized spacial score (nSPS) is 22.3. The number of fused-ring (bicyclic) bond motifs is 1. The minimum absolute atomic E-state index is 0.0305. The maximum absolute atomic E-state index is 14.3. The summed E-state index contributed by atoms with van der Waals surface area (Å²) in [6.07, 6.45) is 10.3. The van der Waals surface area contributed by atoms with Gasteiger partial charge < -0.3 is 25.0 Å². The Bertz CT molecular complexity index is 2980. The zero-order valence-corrected chi connectivity index (χ0v) is 40.5. The van der Waals surface area contributed by atoms with Gasteiger partial charge in [0.25, 0.3) is 21.6 Å². The number of nitro groups is 1. The summed E-state index contributed by atoms with van der Waals surface area (Å²) in [5.41, 5.74) is 4.91. The lowest BCUT2D eigenvalue weighted by atomic mass is 9.73. The molecule has 3 aliphatic carbocycles. The van der Waals surface area contributed by atoms with Crippen molar-refractivity contribution in [2.75, 3.05) is 49.5 Å². The Morgan fingerprint density at radius 1 is 1.04 bits per heavy atom. The van der Waals surface area contributed by atoms with E-state index in [-0.39, 0.29) is 34.8 Å². The van der Waals surface area contributed by atoms with Crippen LogP contribution < -0.4 is 19.7 Å². The highest BCUT2D eigenvalue weighted by Gasteiger charge is 2.33. The second-order valence-corrected chi connectivity index (χ2v) is 22.5. The van der Waals surface area contributed by atoms with Gasteiger partial charge in [0, 0.05) is 80.0 Å². The Morgan fingerprint density at radius 3 is 2.58 bits per heavy atom. The number of carbonyl (C=O) groups excluding carboxylic acids is 1. The van der Waals surface area contributed by atoms with Crippen LogP contribution in [0.15, 0.2) is 101 Å². The monoisotopic (exact) mass is 981 g/mol. The molecule has 4 heterocycles. The fraction of sp³-hybridized carbons (Fsp3) is 0.412. The third-order valence-electron chi connectivity index (χ3n) is 14.0. The molecule has 1 atom stereocenters. The van der Waals surface area contributed by atoms with Crippen LogP contribution in [-0.2, 0) is 10.0 Å². The number of nitro benzene ring substituents is 1. The van der Waals surface area contributed by atoms with Crippen LogP contribution in [0.1, 0.15) is 92.9 Å². The van der Waals surface area contributed by atoms with Crippen molar-refractivity contribution in [3.05, 3.63) is 122 Å². The van der Waals surface area contributed by atoms with E-state index < -0.39 is 49.0 Å². The predicted octanol–water partition coefficient (Wildman–Crippen LogP) is 10.6. The van der Waals surface area contributed by atoms with Crippen LogP contribution in [0, 0.1) is 21.4 Å². The molecule has 3 aromatic heterocycles. The molecule has 2 aromatic carbocycles. The summed E-state index contributed by atoms with van der Waals surface area (Å²) in [7, 11) is -4.61. The number of hydrogen-bond donors (Lipinski definition) is 4. The van der Waals surface area contributed by atoms with E-state index in [0.717, 1.165) is 80.0 Å². The molecule has 1 amide bonds. The number of carbonyl (C=O) groups is 1. The first-order chi connectivity index (χ1) is 32.9. The molecule has 1 aliphatic heterocycles. The average molecular weight is 982 g/mol. The number of pyridine rings is 1. The molecule has 9 rings (SSSR count). The molecule has 1 unspecified atom stereocenters. The number of alkyl halides is 1. The summed E-state index contributed by atoms with van der Waals surface area (Å²) < 4.78 is 64.0. The van der Waals surface area contributed by atoms with Crippen LogP contribution in [0.4, 0.5) is 25.8 Å². The number of H-pyrrole nitrogens is 1. The second kappa shape index (κ2) is 19.4. The van der Waals surface area contributed by atoms with Gasteiger partial charge in [0.2, 0.25) is 0 Å². The number of piperazine rings is 1. The SMILES string of the molecule is CC1(C)CCC(CN2CCN(c3ccc(C(=O)NS(=O)(=O)c4ccc(NCC5CCC(C)(O)CC5)c([N+](=O)[O-])c4)c(Oc4cnc5[nH]ccc5c4)c3)CC2)=C(c2cc(C3=CC=C(F)C(F)C3)cs2)C1. The zero-order valence-electron chi connectivity index (χ0n) is 38.9. The number of anilines is 2. The molecule has 2 fully saturated rings. The second-order valence-electron chi connectivity index (χ2n) is 19.9. The highest BCUT2D eigenvalue weighted by atomic mass is 32.2. The molecule has 1 saturated carbocycles. The van der Waals surface area contributed by atoms with Crippen LogP contribution in [0.3, 0.4) is 0 Å². The van der Waals surface area contributed by atoms with Gasteiger partial charge in [-0.05, 0) is 134 Å². The number of aromatic amines is 1. The van der Waals surface area contributed by atoms with Crippen molar-refractivity contribution < 1.29 is 36.8 Å². The van der Waals surface area contributed by atoms with Gasteiger partial charge in [0.05, 0.1) is 27.2 Å². The standard InChI is InChI=1S/C51H57F2N7O7S2/c1-50(2)14-12-35(41(27-50)47-24-36(31-68-47)33-4-8-42(52)43(53)23-33)30-58-18-20-59(21-19-58)37-5-7-40(46(25-37)67-38-22-34-13-17-54-48(34)56-29-38)49(61)57-69(65,66)39-6-9-44(45(26-39)60(63)64)55-28-32-10-15-51(3,62)16-11-32/h4-9,13,17,22,24-26,29,31-32,43,55,62H,10-12,14-16,18-21,23,27-28,30H2,1-3H3,(H,54,56)(H,57,61). The molecule has 14 nitrogen and oxygen atoms in total. The van der Waals surface area contributed by atoms with E-state index in [1.54, 1.807) is 48.7 Å². The smallest absolute Gasteiger partial charge is 0.293 e. The van der Waals surface area contributed by atoms with Crippen LogP contribution in [0.5, 0.6) is 11.5 Å². The van der Waals surface area contributed by atoms with Crippen molar-refractivity contribution in [1.82, 2.24) is 19.6 Å². The number of nitrogens with one attached hydrogen (secondary N) is 3. The summed E-state index contributed by atoms with van der Waals surface area (Å²) in [5, 5.41) is 28.4. The highest BCUT2D eigenvalue weighted by molar-refractivity contribution is 7.90. The lowest BCUT2D eigenvalue weighted by molar-refractivity contribution is -0.384. The number of halogens is 2. The number of benzene rings is 2. The summed E-state index contributed by atoms with van der Waals surface area (Å²) in [4.78, 5) is 38.3. The molecule has 364 valence electrons.